The van der Waals surface area contributed by atoms with E-state index in [-0.39, 0.29) is 11.5 Å². The van der Waals surface area contributed by atoms with Crippen molar-refractivity contribution in [3.63, 3.8) is 0 Å². The van der Waals surface area contributed by atoms with Crippen molar-refractivity contribution < 1.29 is 4.79 Å². The number of pyridine rings is 1. The van der Waals surface area contributed by atoms with Crippen LogP contribution < -0.4 is 5.56 Å². The lowest BCUT2D eigenvalue weighted by Gasteiger charge is -2.28. The van der Waals surface area contributed by atoms with E-state index in [0.717, 1.165) is 22.3 Å². The second-order valence-electron chi connectivity index (χ2n) is 5.70. The molecule has 0 spiro atoms. The number of rotatable bonds is 2. The Hall–Kier alpha value is -1.82. The van der Waals surface area contributed by atoms with E-state index in [9.17, 15) is 9.59 Å². The van der Waals surface area contributed by atoms with Gasteiger partial charge < -0.3 is 4.90 Å². The molecule has 6 nitrogen and oxygen atoms in total. The SMILES string of the molecule is CC(=O)N1CCc2c(c(=O)n(CCCl)c3c2c(C)nn3C)C1. The lowest BCUT2D eigenvalue weighted by atomic mass is 9.97. The number of fused-ring (bicyclic) bond motifs is 3. The molecule has 2 aromatic heterocycles. The van der Waals surface area contributed by atoms with Crippen LogP contribution >= 0.6 is 11.6 Å². The molecule has 0 atom stereocenters. The number of aryl methyl sites for hydroxylation is 3. The van der Waals surface area contributed by atoms with E-state index in [0.29, 0.717) is 37.5 Å². The van der Waals surface area contributed by atoms with Crippen molar-refractivity contribution in [1.82, 2.24) is 19.2 Å². The average Bonchev–Trinajstić information content (AvgIpc) is 2.77. The fourth-order valence-corrected chi connectivity index (χ4v) is 3.53. The normalized spacial score (nSPS) is 14.5. The summed E-state index contributed by atoms with van der Waals surface area (Å²) in [7, 11) is 1.84. The van der Waals surface area contributed by atoms with E-state index in [1.165, 1.54) is 6.92 Å². The van der Waals surface area contributed by atoms with Crippen molar-refractivity contribution in [2.24, 2.45) is 7.05 Å². The third kappa shape index (κ3) is 2.13. The molecule has 3 heterocycles. The minimum atomic E-state index is -0.0582. The zero-order valence-corrected chi connectivity index (χ0v) is 13.8. The predicted molar refractivity (Wildman–Crippen MR) is 85.2 cm³/mol. The first-order valence-electron chi connectivity index (χ1n) is 7.35. The molecular formula is C15H19ClN4O2. The van der Waals surface area contributed by atoms with E-state index in [2.05, 4.69) is 5.10 Å². The van der Waals surface area contributed by atoms with Crippen molar-refractivity contribution in [3.8, 4) is 0 Å². The number of hydrogen-bond donors (Lipinski definition) is 0. The quantitative estimate of drug-likeness (QED) is 0.780. The molecule has 3 rings (SSSR count). The monoisotopic (exact) mass is 322 g/mol. The highest BCUT2D eigenvalue weighted by molar-refractivity contribution is 6.17. The maximum atomic E-state index is 12.9. The first-order valence-corrected chi connectivity index (χ1v) is 7.88. The van der Waals surface area contributed by atoms with Crippen molar-refractivity contribution >= 4 is 28.5 Å². The number of halogens is 1. The standard InChI is InChI=1S/C15H19ClN4O2/c1-9-13-11-4-6-19(10(2)21)8-12(11)15(22)20(7-5-16)14(13)18(3)17-9/h4-8H2,1-3H3. The number of hydrogen-bond acceptors (Lipinski definition) is 3. The van der Waals surface area contributed by atoms with Gasteiger partial charge in [0.1, 0.15) is 5.65 Å². The Kier molecular flexibility index (Phi) is 3.72. The molecule has 1 aliphatic heterocycles. The van der Waals surface area contributed by atoms with E-state index in [1.54, 1.807) is 14.1 Å². The number of alkyl halides is 1. The minimum Gasteiger partial charge on any atom is -0.338 e. The van der Waals surface area contributed by atoms with Gasteiger partial charge in [0.05, 0.1) is 12.2 Å². The summed E-state index contributed by atoms with van der Waals surface area (Å²) in [6.07, 6.45) is 0.689. The van der Waals surface area contributed by atoms with E-state index in [4.69, 9.17) is 11.6 Å². The Bertz CT molecular complexity index is 821. The Morgan fingerprint density at radius 3 is 2.73 bits per heavy atom. The molecule has 0 fully saturated rings. The first kappa shape index (κ1) is 15.1. The number of amides is 1. The molecule has 1 aliphatic rings. The molecule has 118 valence electrons. The number of aromatic nitrogens is 3. The molecule has 0 saturated carbocycles. The van der Waals surface area contributed by atoms with Gasteiger partial charge in [0.2, 0.25) is 5.91 Å². The summed E-state index contributed by atoms with van der Waals surface area (Å²) in [5, 5.41) is 5.50. The second-order valence-corrected chi connectivity index (χ2v) is 6.08. The van der Waals surface area contributed by atoms with Crippen molar-refractivity contribution in [2.75, 3.05) is 12.4 Å². The summed E-state index contributed by atoms with van der Waals surface area (Å²) >= 11 is 5.88. The van der Waals surface area contributed by atoms with Gasteiger partial charge >= 0.3 is 0 Å². The Balaban J connectivity index is 2.33. The molecule has 1 amide bonds. The molecule has 0 aliphatic carbocycles. The van der Waals surface area contributed by atoms with Crippen LogP contribution in [0.2, 0.25) is 0 Å². The molecule has 0 saturated heterocycles. The lowest BCUT2D eigenvalue weighted by molar-refractivity contribution is -0.129. The smallest absolute Gasteiger partial charge is 0.257 e. The summed E-state index contributed by atoms with van der Waals surface area (Å²) < 4.78 is 3.43. The molecule has 0 unspecified atom stereocenters. The summed E-state index contributed by atoms with van der Waals surface area (Å²) in [6, 6.07) is 0. The van der Waals surface area contributed by atoms with Crippen molar-refractivity contribution in [2.45, 2.75) is 33.4 Å². The summed E-state index contributed by atoms with van der Waals surface area (Å²) in [4.78, 5) is 26.2. The lowest BCUT2D eigenvalue weighted by Crippen LogP contribution is -2.39. The van der Waals surface area contributed by atoms with Gasteiger partial charge in [-0.1, -0.05) is 0 Å². The van der Waals surface area contributed by atoms with Gasteiger partial charge in [-0.05, 0) is 18.9 Å². The number of carbonyl (C=O) groups excluding carboxylic acids is 1. The molecular weight excluding hydrogens is 304 g/mol. The number of carbonyl (C=O) groups is 1. The first-order chi connectivity index (χ1) is 10.5. The van der Waals surface area contributed by atoms with Gasteiger partial charge in [0.15, 0.2) is 0 Å². The molecule has 7 heteroatoms. The van der Waals surface area contributed by atoms with Crippen LogP contribution in [-0.2, 0) is 31.4 Å². The highest BCUT2D eigenvalue weighted by Gasteiger charge is 2.27. The average molecular weight is 323 g/mol. The highest BCUT2D eigenvalue weighted by Crippen LogP contribution is 2.27. The van der Waals surface area contributed by atoms with Gasteiger partial charge in [-0.15, -0.1) is 11.6 Å². The predicted octanol–water partition coefficient (Wildman–Crippen LogP) is 1.19. The van der Waals surface area contributed by atoms with E-state index >= 15 is 0 Å². The Labute approximate surface area is 133 Å². The third-order valence-electron chi connectivity index (χ3n) is 4.35. The van der Waals surface area contributed by atoms with Crippen LogP contribution in [0.1, 0.15) is 23.7 Å². The van der Waals surface area contributed by atoms with Gasteiger partial charge in [-0.25, -0.2) is 0 Å². The third-order valence-corrected chi connectivity index (χ3v) is 4.52. The van der Waals surface area contributed by atoms with Crippen LogP contribution in [0.25, 0.3) is 11.0 Å². The van der Waals surface area contributed by atoms with E-state index < -0.39 is 0 Å². The Morgan fingerprint density at radius 1 is 1.36 bits per heavy atom. The molecule has 0 aromatic carbocycles. The zero-order valence-electron chi connectivity index (χ0n) is 13.0. The van der Waals surface area contributed by atoms with Gasteiger partial charge in [-0.3, -0.25) is 18.8 Å². The zero-order chi connectivity index (χ0) is 16.0. The van der Waals surface area contributed by atoms with Gasteiger partial charge in [-0.2, -0.15) is 5.10 Å². The van der Waals surface area contributed by atoms with Crippen LogP contribution in [-0.4, -0.2) is 37.6 Å². The van der Waals surface area contributed by atoms with Crippen LogP contribution in [0.5, 0.6) is 0 Å². The van der Waals surface area contributed by atoms with Crippen LogP contribution in [0.4, 0.5) is 0 Å². The minimum absolute atomic E-state index is 0.00283. The fraction of sp³-hybridized carbons (Fsp3) is 0.533. The largest absolute Gasteiger partial charge is 0.338 e. The molecule has 2 aromatic rings. The summed E-state index contributed by atoms with van der Waals surface area (Å²) in [5.74, 6) is 0.353. The maximum absolute atomic E-state index is 12.9. The molecule has 0 N–H and O–H groups in total. The highest BCUT2D eigenvalue weighted by atomic mass is 35.5. The summed E-state index contributed by atoms with van der Waals surface area (Å²) in [6.45, 7) is 4.94. The van der Waals surface area contributed by atoms with Crippen LogP contribution in [0.3, 0.4) is 0 Å². The fourth-order valence-electron chi connectivity index (χ4n) is 3.36. The maximum Gasteiger partial charge on any atom is 0.257 e. The molecule has 0 bridgehead atoms. The molecule has 0 radical (unpaired) electrons. The van der Waals surface area contributed by atoms with E-state index in [1.807, 2.05) is 14.0 Å². The van der Waals surface area contributed by atoms with Gasteiger partial charge in [0.25, 0.3) is 5.56 Å². The Morgan fingerprint density at radius 2 is 2.09 bits per heavy atom. The van der Waals surface area contributed by atoms with Crippen LogP contribution in [0.15, 0.2) is 4.79 Å². The number of nitrogens with zero attached hydrogens (tertiary/aromatic N) is 4. The van der Waals surface area contributed by atoms with Crippen molar-refractivity contribution in [1.29, 1.82) is 0 Å². The van der Waals surface area contributed by atoms with Crippen LogP contribution in [0, 0.1) is 6.92 Å². The molecule has 22 heavy (non-hydrogen) atoms. The topological polar surface area (TPSA) is 60.1 Å². The second kappa shape index (κ2) is 5.43. The summed E-state index contributed by atoms with van der Waals surface area (Å²) in [5.41, 5.74) is 3.41. The van der Waals surface area contributed by atoms with Crippen molar-refractivity contribution in [3.05, 3.63) is 27.2 Å². The van der Waals surface area contributed by atoms with Gasteiger partial charge in [0, 0.05) is 43.9 Å².